The van der Waals surface area contributed by atoms with Gasteiger partial charge in [0.15, 0.2) is 5.69 Å². The minimum Gasteiger partial charge on any atom is -0.275 e. The molecule has 2 aromatic heterocycles. The number of hydrogen-bond donors (Lipinski definition) is 1. The lowest BCUT2D eigenvalue weighted by Crippen LogP contribution is -1.77. The van der Waals surface area contributed by atoms with E-state index in [4.69, 9.17) is 5.26 Å². The molecule has 2 rings (SSSR count). The van der Waals surface area contributed by atoms with Crippen LogP contribution in [0.2, 0.25) is 0 Å². The minimum absolute atomic E-state index is 0. The molecule has 0 aliphatic heterocycles. The fraction of sp³-hybridized carbons (Fsp3) is 0. The number of hydrogen-bond acceptors (Lipinski definition) is 3. The van der Waals surface area contributed by atoms with Crippen LogP contribution >= 0.6 is 28.3 Å². The fourth-order valence-electron chi connectivity index (χ4n) is 0.960. The van der Waals surface area contributed by atoms with Gasteiger partial charge >= 0.3 is 0 Å². The second-order valence-corrected chi connectivity index (χ2v) is 3.15. The van der Waals surface area contributed by atoms with Crippen molar-refractivity contribution in [2.45, 2.75) is 0 Å². The number of H-pyrrole nitrogens is 1. The van der Waals surface area contributed by atoms with Crippen molar-refractivity contribution in [1.29, 1.82) is 5.26 Å². The van der Waals surface area contributed by atoms with Crippen LogP contribution in [0, 0.1) is 11.3 Å². The first-order valence-electron chi connectivity index (χ1n) is 3.21. The lowest BCUT2D eigenvalue weighted by molar-refractivity contribution is 1.10. The standard InChI is InChI=1S/C7H3BrN4.ClH/c8-4-1-5-7(10-3-4)6(2-9)12-11-5;/h1,3H,(H,11,12);1H. The van der Waals surface area contributed by atoms with Crippen LogP contribution in [0.25, 0.3) is 11.0 Å². The first-order chi connectivity index (χ1) is 5.81. The van der Waals surface area contributed by atoms with Gasteiger partial charge in [-0.3, -0.25) is 10.1 Å². The normalized spacial score (nSPS) is 9.23. The molecular weight excluding hydrogens is 255 g/mol. The molecule has 0 amide bonds. The molecule has 0 fully saturated rings. The average Bonchev–Trinajstić information content (AvgIpc) is 2.46. The van der Waals surface area contributed by atoms with E-state index in [1.54, 1.807) is 6.20 Å². The predicted molar refractivity (Wildman–Crippen MR) is 53.6 cm³/mol. The summed E-state index contributed by atoms with van der Waals surface area (Å²) in [6, 6.07) is 3.78. The Balaban J connectivity index is 0.000000845. The van der Waals surface area contributed by atoms with Crippen molar-refractivity contribution in [3.05, 3.63) is 22.4 Å². The SMILES string of the molecule is Cl.N#Cc1n[nH]c2cc(Br)cnc12. The van der Waals surface area contributed by atoms with Crippen molar-refractivity contribution < 1.29 is 0 Å². The number of nitrogens with zero attached hydrogens (tertiary/aromatic N) is 3. The molecule has 0 unspecified atom stereocenters. The summed E-state index contributed by atoms with van der Waals surface area (Å²) in [6.07, 6.45) is 1.64. The van der Waals surface area contributed by atoms with Gasteiger partial charge in [0.1, 0.15) is 11.6 Å². The van der Waals surface area contributed by atoms with E-state index in [-0.39, 0.29) is 12.4 Å². The topological polar surface area (TPSA) is 65.4 Å². The summed E-state index contributed by atoms with van der Waals surface area (Å²) in [5.41, 5.74) is 1.71. The maximum absolute atomic E-state index is 8.61. The number of halogens is 2. The molecule has 0 radical (unpaired) electrons. The van der Waals surface area contributed by atoms with E-state index in [0.29, 0.717) is 11.2 Å². The minimum atomic E-state index is 0. The summed E-state index contributed by atoms with van der Waals surface area (Å²) in [5.74, 6) is 0. The van der Waals surface area contributed by atoms with Gasteiger partial charge in [-0.25, -0.2) is 0 Å². The number of pyridine rings is 1. The Kier molecular flexibility index (Phi) is 2.86. The molecule has 0 saturated carbocycles. The van der Waals surface area contributed by atoms with Gasteiger partial charge in [-0.1, -0.05) is 0 Å². The average molecular weight is 259 g/mol. The third kappa shape index (κ3) is 1.64. The Labute approximate surface area is 88.5 Å². The molecule has 4 nitrogen and oxygen atoms in total. The van der Waals surface area contributed by atoms with Crippen molar-refractivity contribution in [2.24, 2.45) is 0 Å². The molecule has 0 spiro atoms. The molecule has 0 aliphatic rings. The van der Waals surface area contributed by atoms with E-state index in [9.17, 15) is 0 Å². The molecule has 0 aliphatic carbocycles. The lowest BCUT2D eigenvalue weighted by Gasteiger charge is -1.88. The molecule has 2 heterocycles. The van der Waals surface area contributed by atoms with Crippen LogP contribution in [0.4, 0.5) is 0 Å². The molecule has 0 saturated heterocycles. The Bertz CT molecular complexity index is 473. The quantitative estimate of drug-likeness (QED) is 0.787. The zero-order chi connectivity index (χ0) is 8.55. The van der Waals surface area contributed by atoms with Crippen molar-refractivity contribution in [2.75, 3.05) is 0 Å². The maximum atomic E-state index is 8.61. The van der Waals surface area contributed by atoms with E-state index in [1.165, 1.54) is 0 Å². The summed E-state index contributed by atoms with van der Waals surface area (Å²) >= 11 is 3.27. The monoisotopic (exact) mass is 258 g/mol. The third-order valence-corrected chi connectivity index (χ3v) is 1.91. The Morgan fingerprint density at radius 1 is 1.54 bits per heavy atom. The zero-order valence-corrected chi connectivity index (χ0v) is 8.69. The summed E-state index contributed by atoms with van der Waals surface area (Å²) in [6.45, 7) is 0. The molecule has 2 aromatic rings. The second-order valence-electron chi connectivity index (χ2n) is 2.23. The van der Waals surface area contributed by atoms with Gasteiger partial charge in [0.25, 0.3) is 0 Å². The van der Waals surface area contributed by atoms with Gasteiger partial charge in [-0.05, 0) is 22.0 Å². The van der Waals surface area contributed by atoms with Crippen LogP contribution in [0.15, 0.2) is 16.7 Å². The van der Waals surface area contributed by atoms with E-state index >= 15 is 0 Å². The molecule has 0 bridgehead atoms. The first-order valence-corrected chi connectivity index (χ1v) is 4.00. The van der Waals surface area contributed by atoms with E-state index in [1.807, 2.05) is 12.1 Å². The number of aromatic nitrogens is 3. The van der Waals surface area contributed by atoms with Gasteiger partial charge in [-0.15, -0.1) is 12.4 Å². The number of rotatable bonds is 0. The number of aromatic amines is 1. The van der Waals surface area contributed by atoms with Crippen molar-refractivity contribution in [3.8, 4) is 6.07 Å². The van der Waals surface area contributed by atoms with Crippen LogP contribution in [0.5, 0.6) is 0 Å². The van der Waals surface area contributed by atoms with Crippen LogP contribution in [-0.2, 0) is 0 Å². The van der Waals surface area contributed by atoms with Gasteiger partial charge in [0.2, 0.25) is 0 Å². The third-order valence-electron chi connectivity index (χ3n) is 1.47. The smallest absolute Gasteiger partial charge is 0.188 e. The highest BCUT2D eigenvalue weighted by Gasteiger charge is 2.05. The largest absolute Gasteiger partial charge is 0.275 e. The highest BCUT2D eigenvalue weighted by atomic mass is 79.9. The molecular formula is C7H4BrClN4. The maximum Gasteiger partial charge on any atom is 0.188 e. The van der Waals surface area contributed by atoms with Crippen molar-refractivity contribution >= 4 is 39.4 Å². The predicted octanol–water partition coefficient (Wildman–Crippen LogP) is 2.01. The van der Waals surface area contributed by atoms with E-state index < -0.39 is 0 Å². The Hall–Kier alpha value is -1.12. The number of fused-ring (bicyclic) bond motifs is 1. The summed E-state index contributed by atoms with van der Waals surface area (Å²) in [5, 5.41) is 15.1. The molecule has 0 atom stereocenters. The van der Waals surface area contributed by atoms with Crippen LogP contribution in [0.1, 0.15) is 5.69 Å². The summed E-state index contributed by atoms with van der Waals surface area (Å²) < 4.78 is 0.864. The first kappa shape index (κ1) is 9.96. The molecule has 0 aromatic carbocycles. The molecule has 6 heteroatoms. The summed E-state index contributed by atoms with van der Waals surface area (Å²) in [4.78, 5) is 4.05. The molecule has 13 heavy (non-hydrogen) atoms. The highest BCUT2D eigenvalue weighted by molar-refractivity contribution is 9.10. The molecule has 66 valence electrons. The van der Waals surface area contributed by atoms with E-state index in [2.05, 4.69) is 31.1 Å². The van der Waals surface area contributed by atoms with Gasteiger partial charge in [0.05, 0.1) is 5.52 Å². The highest BCUT2D eigenvalue weighted by Crippen LogP contribution is 2.16. The fourth-order valence-corrected chi connectivity index (χ4v) is 1.29. The van der Waals surface area contributed by atoms with Gasteiger partial charge in [-0.2, -0.15) is 10.4 Å². The van der Waals surface area contributed by atoms with Crippen LogP contribution in [0.3, 0.4) is 0 Å². The zero-order valence-electron chi connectivity index (χ0n) is 6.28. The molecule has 1 N–H and O–H groups in total. The Morgan fingerprint density at radius 2 is 2.31 bits per heavy atom. The van der Waals surface area contributed by atoms with Crippen LogP contribution < -0.4 is 0 Å². The number of nitrogens with one attached hydrogen (secondary N) is 1. The van der Waals surface area contributed by atoms with Crippen LogP contribution in [-0.4, -0.2) is 15.2 Å². The summed E-state index contributed by atoms with van der Waals surface area (Å²) in [7, 11) is 0. The van der Waals surface area contributed by atoms with Crippen molar-refractivity contribution in [1.82, 2.24) is 15.2 Å². The second kappa shape index (κ2) is 3.73. The Morgan fingerprint density at radius 3 is 3.00 bits per heavy atom. The van der Waals surface area contributed by atoms with Gasteiger partial charge < -0.3 is 0 Å². The van der Waals surface area contributed by atoms with Gasteiger partial charge in [0, 0.05) is 10.7 Å². The number of nitriles is 1. The lowest BCUT2D eigenvalue weighted by atomic mass is 10.3. The van der Waals surface area contributed by atoms with E-state index in [0.717, 1.165) is 9.99 Å². The van der Waals surface area contributed by atoms with Crippen molar-refractivity contribution in [3.63, 3.8) is 0 Å².